The van der Waals surface area contributed by atoms with Gasteiger partial charge in [-0.25, -0.2) is 0 Å². The first-order valence-corrected chi connectivity index (χ1v) is 15.7. The lowest BCUT2D eigenvalue weighted by Gasteiger charge is -2.39. The SMILES string of the molecule is C=CCCCOC(=O)[C@H]1[C@H]2C(=O)N([C@H](CO)c3ccccc3)C(C(=O)N(CC=C)c3ccc4ccccc4c3)C23CC[C@]1(C)O3. The van der Waals surface area contributed by atoms with E-state index < -0.39 is 47.7 Å². The first-order valence-electron chi connectivity index (χ1n) is 15.7. The fraction of sp³-hybridized carbons (Fsp3) is 0.378. The van der Waals surface area contributed by atoms with E-state index in [1.165, 1.54) is 4.90 Å². The molecule has 1 spiro atoms. The van der Waals surface area contributed by atoms with Crippen molar-refractivity contribution in [2.24, 2.45) is 11.8 Å². The summed E-state index contributed by atoms with van der Waals surface area (Å²) >= 11 is 0. The third-order valence-electron chi connectivity index (χ3n) is 9.81. The number of benzene rings is 3. The van der Waals surface area contributed by atoms with Crippen molar-refractivity contribution >= 4 is 34.2 Å². The minimum Gasteiger partial charge on any atom is -0.465 e. The first kappa shape index (κ1) is 30.7. The number of likely N-dealkylation sites (tertiary alicyclic amines) is 1. The molecular weight excluding hydrogens is 568 g/mol. The summed E-state index contributed by atoms with van der Waals surface area (Å²) in [6.45, 7) is 9.48. The Bertz CT molecular complexity index is 1620. The molecule has 3 fully saturated rings. The predicted octanol–water partition coefficient (Wildman–Crippen LogP) is 5.37. The van der Waals surface area contributed by atoms with Crippen LogP contribution in [0.5, 0.6) is 0 Å². The summed E-state index contributed by atoms with van der Waals surface area (Å²) in [5.74, 6) is -3.04. The molecule has 3 aliphatic heterocycles. The number of anilines is 1. The summed E-state index contributed by atoms with van der Waals surface area (Å²) in [5.41, 5.74) is -0.892. The highest BCUT2D eigenvalue weighted by molar-refractivity contribution is 6.06. The molecule has 3 aromatic rings. The Morgan fingerprint density at radius 1 is 1.07 bits per heavy atom. The van der Waals surface area contributed by atoms with Gasteiger partial charge in [0, 0.05) is 12.2 Å². The molecule has 3 heterocycles. The second kappa shape index (κ2) is 12.3. The van der Waals surface area contributed by atoms with E-state index in [9.17, 15) is 14.7 Å². The summed E-state index contributed by atoms with van der Waals surface area (Å²) in [7, 11) is 0. The highest BCUT2D eigenvalue weighted by atomic mass is 16.6. The van der Waals surface area contributed by atoms with E-state index in [0.29, 0.717) is 36.9 Å². The summed E-state index contributed by atoms with van der Waals surface area (Å²) in [5, 5.41) is 12.8. The van der Waals surface area contributed by atoms with Gasteiger partial charge in [0.1, 0.15) is 17.6 Å². The molecule has 6 rings (SSSR count). The second-order valence-electron chi connectivity index (χ2n) is 12.4. The zero-order valence-corrected chi connectivity index (χ0v) is 25.6. The van der Waals surface area contributed by atoms with E-state index in [-0.39, 0.29) is 25.0 Å². The van der Waals surface area contributed by atoms with Gasteiger partial charge in [0.25, 0.3) is 5.91 Å². The number of ether oxygens (including phenoxy) is 2. The molecule has 0 radical (unpaired) electrons. The Hall–Kier alpha value is -4.27. The molecule has 0 aliphatic carbocycles. The summed E-state index contributed by atoms with van der Waals surface area (Å²) < 4.78 is 12.5. The van der Waals surface area contributed by atoms with Gasteiger partial charge in [0.15, 0.2) is 0 Å². The molecule has 8 nitrogen and oxygen atoms in total. The number of amides is 2. The van der Waals surface area contributed by atoms with Crippen molar-refractivity contribution in [3.63, 3.8) is 0 Å². The monoisotopic (exact) mass is 608 g/mol. The fourth-order valence-electron chi connectivity index (χ4n) is 7.80. The van der Waals surface area contributed by atoms with Crippen LogP contribution in [-0.2, 0) is 23.9 Å². The smallest absolute Gasteiger partial charge is 0.312 e. The number of rotatable bonds is 12. The van der Waals surface area contributed by atoms with Crippen LogP contribution in [0, 0.1) is 11.8 Å². The average Bonchev–Trinajstić information content (AvgIpc) is 3.63. The number of aliphatic hydroxyl groups is 1. The van der Waals surface area contributed by atoms with Crippen LogP contribution in [0.2, 0.25) is 0 Å². The number of allylic oxidation sites excluding steroid dienone is 1. The lowest BCUT2D eigenvalue weighted by atomic mass is 9.66. The zero-order valence-electron chi connectivity index (χ0n) is 25.6. The molecule has 234 valence electrons. The Kier molecular flexibility index (Phi) is 8.37. The van der Waals surface area contributed by atoms with Gasteiger partial charge in [0.05, 0.1) is 30.8 Å². The van der Waals surface area contributed by atoms with Gasteiger partial charge in [-0.15, -0.1) is 13.2 Å². The molecule has 3 saturated heterocycles. The number of nitrogens with zero attached hydrogens (tertiary/aromatic N) is 2. The Morgan fingerprint density at radius 2 is 1.80 bits per heavy atom. The highest BCUT2D eigenvalue weighted by Crippen LogP contribution is 2.64. The van der Waals surface area contributed by atoms with Crippen LogP contribution >= 0.6 is 0 Å². The van der Waals surface area contributed by atoms with E-state index in [2.05, 4.69) is 13.2 Å². The maximum absolute atomic E-state index is 15.0. The van der Waals surface area contributed by atoms with Crippen LogP contribution < -0.4 is 4.90 Å². The van der Waals surface area contributed by atoms with Crippen LogP contribution in [0.3, 0.4) is 0 Å². The lowest BCUT2D eigenvalue weighted by molar-refractivity contribution is -0.160. The van der Waals surface area contributed by atoms with Gasteiger partial charge < -0.3 is 24.4 Å². The molecule has 1 N–H and O–H groups in total. The van der Waals surface area contributed by atoms with Gasteiger partial charge in [-0.1, -0.05) is 72.8 Å². The molecule has 8 heteroatoms. The third kappa shape index (κ3) is 5.06. The van der Waals surface area contributed by atoms with Crippen molar-refractivity contribution in [1.29, 1.82) is 0 Å². The number of fused-ring (bicyclic) bond motifs is 2. The Labute approximate surface area is 263 Å². The second-order valence-corrected chi connectivity index (χ2v) is 12.4. The molecule has 0 aromatic heterocycles. The third-order valence-corrected chi connectivity index (χ3v) is 9.81. The van der Waals surface area contributed by atoms with Crippen LogP contribution in [0.4, 0.5) is 5.69 Å². The van der Waals surface area contributed by atoms with Gasteiger partial charge in [0.2, 0.25) is 5.91 Å². The van der Waals surface area contributed by atoms with E-state index in [4.69, 9.17) is 9.47 Å². The van der Waals surface area contributed by atoms with Crippen molar-refractivity contribution in [3.8, 4) is 0 Å². The van der Waals surface area contributed by atoms with E-state index in [1.807, 2.05) is 79.7 Å². The number of unbranched alkanes of at least 4 members (excludes halogenated alkanes) is 1. The van der Waals surface area contributed by atoms with Gasteiger partial charge in [-0.2, -0.15) is 0 Å². The van der Waals surface area contributed by atoms with E-state index in [0.717, 1.165) is 10.8 Å². The first-order chi connectivity index (χ1) is 21.8. The Morgan fingerprint density at radius 3 is 2.51 bits per heavy atom. The average molecular weight is 609 g/mol. The van der Waals surface area contributed by atoms with Crippen molar-refractivity contribution in [1.82, 2.24) is 4.90 Å². The van der Waals surface area contributed by atoms with Crippen LogP contribution in [0.15, 0.2) is 98.1 Å². The number of carbonyl (C=O) groups is 3. The minimum atomic E-state index is -1.27. The number of aliphatic hydroxyl groups excluding tert-OH is 1. The maximum atomic E-state index is 15.0. The quantitative estimate of drug-likeness (QED) is 0.169. The normalized spacial score (nSPS) is 27.3. The lowest BCUT2D eigenvalue weighted by Crippen LogP contribution is -2.57. The number of hydrogen-bond donors (Lipinski definition) is 1. The van der Waals surface area contributed by atoms with Gasteiger partial charge in [-0.05, 0) is 61.1 Å². The molecule has 0 saturated carbocycles. The molecule has 2 unspecified atom stereocenters. The molecule has 3 aromatic carbocycles. The number of hydrogen-bond acceptors (Lipinski definition) is 6. The Balaban J connectivity index is 1.45. The fourth-order valence-corrected chi connectivity index (χ4v) is 7.80. The number of esters is 1. The zero-order chi connectivity index (χ0) is 31.8. The van der Waals surface area contributed by atoms with Crippen molar-refractivity contribution in [3.05, 3.63) is 104 Å². The van der Waals surface area contributed by atoms with Crippen molar-refractivity contribution in [2.75, 3.05) is 24.7 Å². The number of carbonyl (C=O) groups excluding carboxylic acids is 3. The van der Waals surface area contributed by atoms with Gasteiger partial charge in [-0.3, -0.25) is 14.4 Å². The molecule has 2 amide bonds. The van der Waals surface area contributed by atoms with E-state index >= 15 is 4.79 Å². The van der Waals surface area contributed by atoms with Crippen molar-refractivity contribution in [2.45, 2.75) is 55.9 Å². The van der Waals surface area contributed by atoms with Crippen LogP contribution in [-0.4, -0.2) is 64.8 Å². The molecule has 6 atom stereocenters. The molecular formula is C37H40N2O6. The maximum Gasteiger partial charge on any atom is 0.312 e. The summed E-state index contributed by atoms with van der Waals surface area (Å²) in [6, 6.07) is 21.0. The van der Waals surface area contributed by atoms with Crippen molar-refractivity contribution < 1.29 is 29.0 Å². The molecule has 45 heavy (non-hydrogen) atoms. The van der Waals surface area contributed by atoms with Crippen LogP contribution in [0.1, 0.15) is 44.2 Å². The van der Waals surface area contributed by atoms with Gasteiger partial charge >= 0.3 is 5.97 Å². The molecule has 3 aliphatic rings. The minimum absolute atomic E-state index is 0.192. The van der Waals surface area contributed by atoms with E-state index in [1.54, 1.807) is 17.1 Å². The van der Waals surface area contributed by atoms with Crippen LogP contribution in [0.25, 0.3) is 10.8 Å². The topological polar surface area (TPSA) is 96.4 Å². The summed E-state index contributed by atoms with van der Waals surface area (Å²) in [6.07, 6.45) is 5.65. The highest BCUT2D eigenvalue weighted by Gasteiger charge is 2.79. The standard InChI is InChI=1S/C37H40N2O6/c1-4-6-12-22-44-35(43)31-30-33(41)39(29(24-40)26-14-8-7-9-15-26)32(37(30)20-19-36(31,3)45-37)34(42)38(21-5-2)28-18-17-25-13-10-11-16-27(25)23-28/h4-5,7-11,13-18,23,29-32,40H,1-2,6,12,19-22,24H2,3H3/t29-,30+,31-,32?,36+,37?/m1/s1. The largest absolute Gasteiger partial charge is 0.465 e. The molecule has 2 bridgehead atoms. The predicted molar refractivity (Wildman–Crippen MR) is 172 cm³/mol. The summed E-state index contributed by atoms with van der Waals surface area (Å²) in [4.78, 5) is 46.6.